The van der Waals surface area contributed by atoms with Gasteiger partial charge in [-0.25, -0.2) is 14.3 Å². The van der Waals surface area contributed by atoms with Crippen LogP contribution in [0.3, 0.4) is 0 Å². The molecule has 8 heteroatoms. The third-order valence-electron chi connectivity index (χ3n) is 2.86. The monoisotopic (exact) mass is 312 g/mol. The van der Waals surface area contributed by atoms with E-state index in [0.29, 0.717) is 24.9 Å². The Morgan fingerprint density at radius 1 is 1.52 bits per heavy atom. The lowest BCUT2D eigenvalue weighted by atomic mass is 10.2. The normalized spacial score (nSPS) is 11.0. The lowest BCUT2D eigenvalue weighted by Gasteiger charge is -2.10. The van der Waals surface area contributed by atoms with E-state index >= 15 is 0 Å². The molecule has 21 heavy (non-hydrogen) atoms. The molecule has 6 nitrogen and oxygen atoms in total. The van der Waals surface area contributed by atoms with E-state index in [2.05, 4.69) is 15.5 Å². The molecule has 0 bridgehead atoms. The SMILES string of the molecule is COCCNCc1cc(F)ccc1Sc1n[nH]c(=O)n1C. The lowest BCUT2D eigenvalue weighted by molar-refractivity contribution is 0.199. The van der Waals surface area contributed by atoms with Crippen LogP contribution in [0.1, 0.15) is 5.56 Å². The van der Waals surface area contributed by atoms with Crippen LogP contribution in [0.2, 0.25) is 0 Å². The van der Waals surface area contributed by atoms with Gasteiger partial charge in [0.15, 0.2) is 5.16 Å². The maximum absolute atomic E-state index is 13.4. The molecule has 0 saturated carbocycles. The van der Waals surface area contributed by atoms with Gasteiger partial charge < -0.3 is 10.1 Å². The van der Waals surface area contributed by atoms with Crippen LogP contribution in [0.15, 0.2) is 33.0 Å². The molecule has 0 aliphatic carbocycles. The van der Waals surface area contributed by atoms with Crippen molar-refractivity contribution in [1.29, 1.82) is 0 Å². The van der Waals surface area contributed by atoms with Crippen LogP contribution in [0.5, 0.6) is 0 Å². The standard InChI is InChI=1S/C13H17FN4O2S/c1-18-12(19)16-17-13(18)21-11-4-3-10(14)7-9(11)8-15-5-6-20-2/h3-4,7,15H,5-6,8H2,1-2H3,(H,16,19). The van der Waals surface area contributed by atoms with E-state index in [9.17, 15) is 9.18 Å². The Hall–Kier alpha value is -1.64. The lowest BCUT2D eigenvalue weighted by Crippen LogP contribution is -2.19. The minimum Gasteiger partial charge on any atom is -0.383 e. The molecule has 2 aromatic rings. The Labute approximate surface area is 125 Å². The van der Waals surface area contributed by atoms with E-state index in [0.717, 1.165) is 10.5 Å². The van der Waals surface area contributed by atoms with Gasteiger partial charge in [-0.05, 0) is 35.5 Å². The number of hydrogen-bond acceptors (Lipinski definition) is 5. The number of nitrogens with one attached hydrogen (secondary N) is 2. The summed E-state index contributed by atoms with van der Waals surface area (Å²) in [5.74, 6) is -0.293. The maximum atomic E-state index is 13.4. The van der Waals surface area contributed by atoms with Gasteiger partial charge in [0.25, 0.3) is 0 Å². The third kappa shape index (κ3) is 4.16. The summed E-state index contributed by atoms with van der Waals surface area (Å²) in [6.07, 6.45) is 0. The molecule has 2 N–H and O–H groups in total. The van der Waals surface area contributed by atoms with Crippen molar-refractivity contribution in [2.45, 2.75) is 16.6 Å². The summed E-state index contributed by atoms with van der Waals surface area (Å²) in [5.41, 5.74) is 0.533. The molecule has 0 unspecified atom stereocenters. The van der Waals surface area contributed by atoms with Gasteiger partial charge in [-0.2, -0.15) is 0 Å². The van der Waals surface area contributed by atoms with Crippen molar-refractivity contribution < 1.29 is 9.13 Å². The Morgan fingerprint density at radius 2 is 2.33 bits per heavy atom. The first-order chi connectivity index (χ1) is 10.1. The molecule has 0 saturated heterocycles. The fourth-order valence-electron chi connectivity index (χ4n) is 1.71. The zero-order chi connectivity index (χ0) is 15.2. The maximum Gasteiger partial charge on any atom is 0.343 e. The Kier molecular flexibility index (Phi) is 5.54. The van der Waals surface area contributed by atoms with E-state index in [1.54, 1.807) is 20.2 Å². The third-order valence-corrected chi connectivity index (χ3v) is 4.03. The summed E-state index contributed by atoms with van der Waals surface area (Å²) in [6, 6.07) is 4.56. The highest BCUT2D eigenvalue weighted by Crippen LogP contribution is 2.28. The zero-order valence-electron chi connectivity index (χ0n) is 11.9. The van der Waals surface area contributed by atoms with Crippen LogP contribution in [0.25, 0.3) is 0 Å². The average molecular weight is 312 g/mol. The first kappa shape index (κ1) is 15.7. The van der Waals surface area contributed by atoms with Gasteiger partial charge >= 0.3 is 5.69 Å². The number of H-pyrrole nitrogens is 1. The number of halogens is 1. The molecule has 1 aromatic carbocycles. The predicted octanol–water partition coefficient (Wildman–Crippen LogP) is 1.13. The van der Waals surface area contributed by atoms with Crippen LogP contribution >= 0.6 is 11.8 Å². The van der Waals surface area contributed by atoms with E-state index in [1.165, 1.54) is 28.5 Å². The number of rotatable bonds is 7. The molecule has 0 aliphatic rings. The molecule has 114 valence electrons. The average Bonchev–Trinajstić information content (AvgIpc) is 2.78. The number of ether oxygens (including phenoxy) is 1. The number of aromatic nitrogens is 3. The summed E-state index contributed by atoms with van der Waals surface area (Å²) in [4.78, 5) is 12.2. The molecule has 0 spiro atoms. The fraction of sp³-hybridized carbons (Fsp3) is 0.385. The highest BCUT2D eigenvalue weighted by Gasteiger charge is 2.10. The van der Waals surface area contributed by atoms with Crippen molar-refractivity contribution in [2.24, 2.45) is 7.05 Å². The number of nitrogens with zero attached hydrogens (tertiary/aromatic N) is 2. The van der Waals surface area contributed by atoms with E-state index in [4.69, 9.17) is 4.74 Å². The molecular weight excluding hydrogens is 295 g/mol. The van der Waals surface area contributed by atoms with Crippen LogP contribution in [0.4, 0.5) is 4.39 Å². The quantitative estimate of drug-likeness (QED) is 0.750. The summed E-state index contributed by atoms with van der Waals surface area (Å²) < 4.78 is 19.8. The van der Waals surface area contributed by atoms with Gasteiger partial charge in [-0.1, -0.05) is 0 Å². The van der Waals surface area contributed by atoms with E-state index in [-0.39, 0.29) is 11.5 Å². The second-order valence-corrected chi connectivity index (χ2v) is 5.40. The molecule has 1 aromatic heterocycles. The molecule has 0 atom stereocenters. The highest BCUT2D eigenvalue weighted by atomic mass is 32.2. The largest absolute Gasteiger partial charge is 0.383 e. The second kappa shape index (κ2) is 7.39. The molecule has 0 radical (unpaired) electrons. The molecule has 2 rings (SSSR count). The van der Waals surface area contributed by atoms with Crippen LogP contribution < -0.4 is 11.0 Å². The number of benzene rings is 1. The van der Waals surface area contributed by atoms with Gasteiger partial charge in [0.05, 0.1) is 6.61 Å². The Balaban J connectivity index is 2.14. The van der Waals surface area contributed by atoms with Crippen LogP contribution in [-0.2, 0) is 18.3 Å². The van der Waals surface area contributed by atoms with Crippen molar-refractivity contribution in [3.05, 3.63) is 40.1 Å². The Bertz CT molecular complexity index is 656. The molecule has 0 fully saturated rings. The van der Waals surface area contributed by atoms with E-state index < -0.39 is 0 Å². The molecule has 1 heterocycles. The fourth-order valence-corrected chi connectivity index (χ4v) is 2.61. The first-order valence-corrected chi connectivity index (χ1v) is 7.21. The van der Waals surface area contributed by atoms with Gasteiger partial charge in [0.1, 0.15) is 5.82 Å². The number of aromatic amines is 1. The predicted molar refractivity (Wildman–Crippen MR) is 77.9 cm³/mol. The van der Waals surface area contributed by atoms with E-state index in [1.807, 2.05) is 0 Å². The molecule has 0 aliphatic heterocycles. The van der Waals surface area contributed by atoms with Crippen molar-refractivity contribution in [1.82, 2.24) is 20.1 Å². The van der Waals surface area contributed by atoms with Crippen molar-refractivity contribution >= 4 is 11.8 Å². The first-order valence-electron chi connectivity index (χ1n) is 6.39. The van der Waals surface area contributed by atoms with Crippen molar-refractivity contribution in [2.75, 3.05) is 20.3 Å². The summed E-state index contributed by atoms with van der Waals surface area (Å²) in [6.45, 7) is 1.78. The highest BCUT2D eigenvalue weighted by molar-refractivity contribution is 7.99. The number of methoxy groups -OCH3 is 1. The minimum atomic E-state index is -0.293. The van der Waals surface area contributed by atoms with Gasteiger partial charge in [0, 0.05) is 32.1 Å². The van der Waals surface area contributed by atoms with Crippen molar-refractivity contribution in [3.63, 3.8) is 0 Å². The Morgan fingerprint density at radius 3 is 3.00 bits per heavy atom. The number of hydrogen-bond donors (Lipinski definition) is 2. The molecule has 0 amide bonds. The molecular formula is C13H17FN4O2S. The smallest absolute Gasteiger partial charge is 0.343 e. The zero-order valence-corrected chi connectivity index (χ0v) is 12.7. The topological polar surface area (TPSA) is 71.9 Å². The van der Waals surface area contributed by atoms with Crippen LogP contribution in [0, 0.1) is 5.82 Å². The van der Waals surface area contributed by atoms with Gasteiger partial charge in [-0.3, -0.25) is 4.57 Å². The summed E-state index contributed by atoms with van der Waals surface area (Å²) >= 11 is 1.32. The van der Waals surface area contributed by atoms with Crippen LogP contribution in [-0.4, -0.2) is 35.0 Å². The summed E-state index contributed by atoms with van der Waals surface area (Å²) in [5, 5.41) is 10.0. The van der Waals surface area contributed by atoms with Gasteiger partial charge in [0.2, 0.25) is 0 Å². The minimum absolute atomic E-state index is 0.278. The summed E-state index contributed by atoms with van der Waals surface area (Å²) in [7, 11) is 3.26. The van der Waals surface area contributed by atoms with Gasteiger partial charge in [-0.15, -0.1) is 5.10 Å². The van der Waals surface area contributed by atoms with Crippen molar-refractivity contribution in [3.8, 4) is 0 Å². The second-order valence-electron chi connectivity index (χ2n) is 4.39.